The van der Waals surface area contributed by atoms with Crippen LogP contribution in [0.1, 0.15) is 10.4 Å². The Kier molecular flexibility index (Phi) is 4.81. The average molecular weight is 293 g/mol. The summed E-state index contributed by atoms with van der Waals surface area (Å²) < 4.78 is 0. The molecule has 1 aromatic rings. The smallest absolute Gasteiger partial charge is 0.330 e. The molecule has 20 heavy (non-hydrogen) atoms. The topological polar surface area (TPSA) is 77.8 Å². The fraction of sp³-hybridized carbons (Fsp3) is 0.286. The highest BCUT2D eigenvalue weighted by atomic mass is 32.2. The monoisotopic (exact) mass is 293 g/mol. The van der Waals surface area contributed by atoms with Crippen LogP contribution < -0.4 is 0 Å². The van der Waals surface area contributed by atoms with Crippen molar-refractivity contribution in [1.29, 1.82) is 0 Å². The summed E-state index contributed by atoms with van der Waals surface area (Å²) in [7, 11) is 0. The van der Waals surface area contributed by atoms with Crippen LogP contribution >= 0.6 is 11.8 Å². The summed E-state index contributed by atoms with van der Waals surface area (Å²) in [6, 6.07) is 6.07. The van der Waals surface area contributed by atoms with Gasteiger partial charge in [-0.2, -0.15) is 0 Å². The van der Waals surface area contributed by atoms with Crippen LogP contribution in [0.4, 0.5) is 0 Å². The molecule has 106 valence electrons. The molecule has 0 spiro atoms. The molecule has 0 bridgehead atoms. The Balaban J connectivity index is 2.07. The first kappa shape index (κ1) is 14.6. The quantitative estimate of drug-likeness (QED) is 0.631. The van der Waals surface area contributed by atoms with E-state index in [4.69, 9.17) is 10.2 Å². The maximum Gasteiger partial charge on any atom is 0.330 e. The number of hydrogen-bond acceptors (Lipinski definition) is 4. The minimum atomic E-state index is -1.03. The lowest BCUT2D eigenvalue weighted by molar-refractivity contribution is -0.140. The molecular formula is C14H15NO4S. The third-order valence-electron chi connectivity index (χ3n) is 2.93. The Bertz CT molecular complexity index is 526. The van der Waals surface area contributed by atoms with E-state index >= 15 is 0 Å². The number of carbonyl (C=O) groups is 2. The molecule has 1 aliphatic rings. The second kappa shape index (κ2) is 6.58. The number of aliphatic hydroxyl groups excluding tert-OH is 1. The molecule has 0 fully saturated rings. The number of carboxylic acids is 1. The van der Waals surface area contributed by atoms with E-state index in [1.54, 1.807) is 30.3 Å². The zero-order valence-electron chi connectivity index (χ0n) is 10.7. The molecule has 1 aliphatic heterocycles. The molecule has 0 saturated heterocycles. The Hall–Kier alpha value is -1.79. The Morgan fingerprint density at radius 1 is 1.30 bits per heavy atom. The fourth-order valence-corrected chi connectivity index (χ4v) is 2.62. The van der Waals surface area contributed by atoms with Crippen molar-refractivity contribution in [2.45, 2.75) is 10.9 Å². The van der Waals surface area contributed by atoms with E-state index in [2.05, 4.69) is 0 Å². The van der Waals surface area contributed by atoms with Crippen LogP contribution in [0.15, 0.2) is 41.3 Å². The molecule has 1 atom stereocenters. The molecule has 0 aliphatic carbocycles. The third kappa shape index (κ3) is 3.20. The Labute approximate surface area is 120 Å². The molecule has 0 saturated carbocycles. The van der Waals surface area contributed by atoms with Crippen molar-refractivity contribution in [1.82, 2.24) is 4.90 Å². The molecule has 5 nitrogen and oxygen atoms in total. The summed E-state index contributed by atoms with van der Waals surface area (Å²) in [6.07, 6.45) is 3.20. The summed E-state index contributed by atoms with van der Waals surface area (Å²) in [5.41, 5.74) is 0.466. The van der Waals surface area contributed by atoms with Gasteiger partial charge in [-0.25, -0.2) is 4.79 Å². The van der Waals surface area contributed by atoms with E-state index in [0.29, 0.717) is 17.9 Å². The van der Waals surface area contributed by atoms with Gasteiger partial charge < -0.3 is 15.1 Å². The molecule has 2 rings (SSSR count). The second-order valence-corrected chi connectivity index (χ2v) is 5.43. The predicted octanol–water partition coefficient (Wildman–Crippen LogP) is 1.24. The van der Waals surface area contributed by atoms with Crippen molar-refractivity contribution in [2.24, 2.45) is 0 Å². The van der Waals surface area contributed by atoms with Crippen LogP contribution in [0.3, 0.4) is 0 Å². The van der Waals surface area contributed by atoms with Crippen molar-refractivity contribution in [3.63, 3.8) is 0 Å². The molecule has 0 unspecified atom stereocenters. The predicted molar refractivity (Wildman–Crippen MR) is 75.9 cm³/mol. The lowest BCUT2D eigenvalue weighted by Gasteiger charge is -2.21. The standard InChI is InChI=1S/C14H15NO4S/c16-8-9-20-11-5-3-10(4-6-11)13(17)15-7-1-2-12(15)14(18)19/h1-6,12,16H,7-9H2,(H,18,19)/t12-/m1/s1. The number of benzene rings is 1. The maximum atomic E-state index is 12.3. The average Bonchev–Trinajstić information content (AvgIpc) is 2.94. The Morgan fingerprint density at radius 3 is 2.60 bits per heavy atom. The van der Waals surface area contributed by atoms with Crippen LogP contribution in [0.2, 0.25) is 0 Å². The summed E-state index contributed by atoms with van der Waals surface area (Å²) in [5.74, 6) is -0.715. The number of nitrogens with zero attached hydrogens (tertiary/aromatic N) is 1. The van der Waals surface area contributed by atoms with Gasteiger partial charge in [-0.15, -0.1) is 11.8 Å². The minimum absolute atomic E-state index is 0.102. The number of carbonyl (C=O) groups excluding carboxylic acids is 1. The van der Waals surface area contributed by atoms with Gasteiger partial charge in [0.15, 0.2) is 0 Å². The molecule has 0 aromatic heterocycles. The lowest BCUT2D eigenvalue weighted by atomic mass is 10.2. The summed E-state index contributed by atoms with van der Waals surface area (Å²) >= 11 is 1.50. The second-order valence-electron chi connectivity index (χ2n) is 4.27. The largest absolute Gasteiger partial charge is 0.479 e. The van der Waals surface area contributed by atoms with Crippen molar-refractivity contribution < 1.29 is 19.8 Å². The third-order valence-corrected chi connectivity index (χ3v) is 3.92. The van der Waals surface area contributed by atoms with Crippen LogP contribution in [0.25, 0.3) is 0 Å². The van der Waals surface area contributed by atoms with E-state index in [0.717, 1.165) is 4.90 Å². The number of amides is 1. The highest BCUT2D eigenvalue weighted by Crippen LogP contribution is 2.20. The van der Waals surface area contributed by atoms with Gasteiger partial charge in [-0.3, -0.25) is 4.79 Å². The van der Waals surface area contributed by atoms with Crippen molar-refractivity contribution in [3.8, 4) is 0 Å². The Morgan fingerprint density at radius 2 is 2.00 bits per heavy atom. The van der Waals surface area contributed by atoms with Gasteiger partial charge in [0.25, 0.3) is 5.91 Å². The summed E-state index contributed by atoms with van der Waals surface area (Å²) in [4.78, 5) is 25.6. The van der Waals surface area contributed by atoms with E-state index in [-0.39, 0.29) is 12.5 Å². The van der Waals surface area contributed by atoms with Gasteiger partial charge >= 0.3 is 5.97 Å². The first-order chi connectivity index (χ1) is 9.63. The zero-order valence-corrected chi connectivity index (χ0v) is 11.5. The van der Waals surface area contributed by atoms with E-state index in [1.807, 2.05) is 0 Å². The molecule has 0 radical (unpaired) electrons. The van der Waals surface area contributed by atoms with Crippen LogP contribution in [0, 0.1) is 0 Å². The number of carboxylic acid groups (broad SMARTS) is 1. The van der Waals surface area contributed by atoms with Crippen LogP contribution in [-0.4, -0.2) is 51.9 Å². The SMILES string of the molecule is O=C(O)[C@H]1C=CCN1C(=O)c1ccc(SCCO)cc1. The lowest BCUT2D eigenvalue weighted by Crippen LogP contribution is -2.40. The van der Waals surface area contributed by atoms with Gasteiger partial charge in [-0.1, -0.05) is 12.2 Å². The normalized spacial score (nSPS) is 17.4. The molecule has 1 aromatic carbocycles. The summed E-state index contributed by atoms with van der Waals surface area (Å²) in [6.45, 7) is 0.419. The van der Waals surface area contributed by atoms with Crippen molar-refractivity contribution >= 4 is 23.6 Å². The zero-order chi connectivity index (χ0) is 14.5. The highest BCUT2D eigenvalue weighted by Gasteiger charge is 2.30. The van der Waals surface area contributed by atoms with Gasteiger partial charge in [0, 0.05) is 22.8 Å². The number of hydrogen-bond donors (Lipinski definition) is 2. The number of aliphatic hydroxyl groups is 1. The highest BCUT2D eigenvalue weighted by molar-refractivity contribution is 7.99. The maximum absolute atomic E-state index is 12.3. The van der Waals surface area contributed by atoms with E-state index in [9.17, 15) is 9.59 Å². The van der Waals surface area contributed by atoms with E-state index in [1.165, 1.54) is 22.7 Å². The van der Waals surface area contributed by atoms with Crippen LogP contribution in [0.5, 0.6) is 0 Å². The van der Waals surface area contributed by atoms with Gasteiger partial charge in [0.2, 0.25) is 0 Å². The summed E-state index contributed by atoms with van der Waals surface area (Å²) in [5, 5.41) is 17.8. The molecular weight excluding hydrogens is 278 g/mol. The van der Waals surface area contributed by atoms with Crippen LogP contribution in [-0.2, 0) is 4.79 Å². The first-order valence-corrected chi connectivity index (χ1v) is 7.16. The molecule has 6 heteroatoms. The molecule has 1 amide bonds. The minimum Gasteiger partial charge on any atom is -0.479 e. The fourth-order valence-electron chi connectivity index (χ4n) is 1.97. The molecule has 2 N–H and O–H groups in total. The number of thioether (sulfide) groups is 1. The first-order valence-electron chi connectivity index (χ1n) is 6.17. The van der Waals surface area contributed by atoms with Crippen molar-refractivity contribution in [3.05, 3.63) is 42.0 Å². The van der Waals surface area contributed by atoms with Gasteiger partial charge in [0.1, 0.15) is 6.04 Å². The van der Waals surface area contributed by atoms with Gasteiger partial charge in [0.05, 0.1) is 6.61 Å². The van der Waals surface area contributed by atoms with Gasteiger partial charge in [-0.05, 0) is 24.3 Å². The van der Waals surface area contributed by atoms with E-state index < -0.39 is 12.0 Å². The molecule has 1 heterocycles. The van der Waals surface area contributed by atoms with Crippen molar-refractivity contribution in [2.75, 3.05) is 18.9 Å². The number of rotatable bonds is 5. The number of aliphatic carboxylic acids is 1.